The molecular weight excluding hydrogens is 280 g/mol. The van der Waals surface area contributed by atoms with E-state index in [9.17, 15) is 13.2 Å². The first-order valence-electron chi connectivity index (χ1n) is 5.84. The third-order valence-electron chi connectivity index (χ3n) is 2.67. The van der Waals surface area contributed by atoms with Gasteiger partial charge in [0.15, 0.2) is 6.10 Å². The number of benzene rings is 1. The van der Waals surface area contributed by atoms with Gasteiger partial charge in [-0.05, 0) is 31.5 Å². The van der Waals surface area contributed by atoms with E-state index in [1.807, 2.05) is 0 Å². The van der Waals surface area contributed by atoms with Crippen LogP contribution in [0.2, 0.25) is 0 Å². The molecule has 0 fully saturated rings. The monoisotopic (exact) mass is 296 g/mol. The molecule has 0 N–H and O–H groups in total. The van der Waals surface area contributed by atoms with Crippen LogP contribution in [-0.2, 0) is 14.8 Å². The van der Waals surface area contributed by atoms with Crippen molar-refractivity contribution in [3.05, 3.63) is 29.3 Å². The molecule has 20 heavy (non-hydrogen) atoms. The van der Waals surface area contributed by atoms with Crippen molar-refractivity contribution in [3.63, 3.8) is 0 Å². The van der Waals surface area contributed by atoms with E-state index >= 15 is 0 Å². The van der Waals surface area contributed by atoms with Crippen LogP contribution in [0.4, 0.5) is 0 Å². The van der Waals surface area contributed by atoms with Gasteiger partial charge in [0.1, 0.15) is 6.07 Å². The van der Waals surface area contributed by atoms with Crippen LogP contribution in [0.25, 0.3) is 0 Å². The summed E-state index contributed by atoms with van der Waals surface area (Å²) in [6, 6.07) is 6.00. The number of hydrogen-bond acceptors (Lipinski definition) is 5. The van der Waals surface area contributed by atoms with Gasteiger partial charge >= 0.3 is 5.97 Å². The molecule has 0 amide bonds. The van der Waals surface area contributed by atoms with Gasteiger partial charge in [-0.1, -0.05) is 6.07 Å². The zero-order valence-corrected chi connectivity index (χ0v) is 12.6. The number of sulfonamides is 1. The SMILES string of the molecule is Cc1ccc(S(=O)(=O)N(C)C)cc1C(=O)O[C@@H](C)C#N. The standard InChI is InChI=1S/C13H16N2O4S/c1-9-5-6-11(20(17,18)15(3)4)7-12(9)13(16)19-10(2)8-14/h5-7,10H,1-4H3/t10-/m0/s1. The van der Waals surface area contributed by atoms with Crippen LogP contribution >= 0.6 is 0 Å². The summed E-state index contributed by atoms with van der Waals surface area (Å²) in [6.07, 6.45) is -0.893. The van der Waals surface area contributed by atoms with E-state index in [2.05, 4.69) is 0 Å². The second-order valence-electron chi connectivity index (χ2n) is 4.44. The van der Waals surface area contributed by atoms with Crippen LogP contribution < -0.4 is 0 Å². The van der Waals surface area contributed by atoms with E-state index in [-0.39, 0.29) is 10.5 Å². The van der Waals surface area contributed by atoms with Gasteiger partial charge in [-0.2, -0.15) is 5.26 Å². The fraction of sp³-hybridized carbons (Fsp3) is 0.385. The van der Waals surface area contributed by atoms with Crippen molar-refractivity contribution in [2.45, 2.75) is 24.8 Å². The molecule has 0 radical (unpaired) electrons. The van der Waals surface area contributed by atoms with Crippen molar-refractivity contribution in [1.29, 1.82) is 5.26 Å². The lowest BCUT2D eigenvalue weighted by atomic mass is 10.1. The number of esters is 1. The van der Waals surface area contributed by atoms with Crippen molar-refractivity contribution >= 4 is 16.0 Å². The van der Waals surface area contributed by atoms with Gasteiger partial charge < -0.3 is 4.74 Å². The van der Waals surface area contributed by atoms with E-state index in [0.717, 1.165) is 4.31 Å². The zero-order valence-electron chi connectivity index (χ0n) is 11.7. The summed E-state index contributed by atoms with van der Waals surface area (Å²) >= 11 is 0. The van der Waals surface area contributed by atoms with E-state index < -0.39 is 22.1 Å². The lowest BCUT2D eigenvalue weighted by molar-refractivity contribution is 0.0434. The maximum atomic E-state index is 12.0. The number of carbonyl (C=O) groups is 1. The average molecular weight is 296 g/mol. The Labute approximate surface area is 118 Å². The Hall–Kier alpha value is -1.91. The molecule has 1 aromatic rings. The summed E-state index contributed by atoms with van der Waals surface area (Å²) in [5.41, 5.74) is 0.716. The molecule has 0 spiro atoms. The summed E-state index contributed by atoms with van der Waals surface area (Å²) in [7, 11) is -0.808. The number of aryl methyl sites for hydroxylation is 1. The maximum Gasteiger partial charge on any atom is 0.339 e. The Morgan fingerprint density at radius 2 is 2.00 bits per heavy atom. The van der Waals surface area contributed by atoms with Gasteiger partial charge in [0.25, 0.3) is 0 Å². The normalized spacial score (nSPS) is 12.8. The molecule has 1 rings (SSSR count). The third kappa shape index (κ3) is 3.35. The molecule has 0 saturated carbocycles. The van der Waals surface area contributed by atoms with E-state index in [4.69, 9.17) is 10.00 Å². The quantitative estimate of drug-likeness (QED) is 0.782. The first-order chi connectivity index (χ1) is 9.20. The van der Waals surface area contributed by atoms with Crippen molar-refractivity contribution in [3.8, 4) is 6.07 Å². The first kappa shape index (κ1) is 16.1. The van der Waals surface area contributed by atoms with Gasteiger partial charge in [-0.25, -0.2) is 17.5 Å². The Kier molecular flexibility index (Phi) is 4.87. The van der Waals surface area contributed by atoms with Crippen LogP contribution in [0.1, 0.15) is 22.8 Å². The second kappa shape index (κ2) is 6.03. The predicted octanol–water partition coefficient (Wildman–Crippen LogP) is 1.31. The van der Waals surface area contributed by atoms with E-state index in [0.29, 0.717) is 5.56 Å². The van der Waals surface area contributed by atoms with Gasteiger partial charge in [-0.3, -0.25) is 0 Å². The highest BCUT2D eigenvalue weighted by atomic mass is 32.2. The molecule has 0 aromatic heterocycles. The zero-order chi connectivity index (χ0) is 15.5. The predicted molar refractivity (Wildman–Crippen MR) is 72.5 cm³/mol. The lowest BCUT2D eigenvalue weighted by Gasteiger charge is -2.14. The Morgan fingerprint density at radius 1 is 1.40 bits per heavy atom. The molecule has 1 aromatic carbocycles. The number of rotatable bonds is 4. The molecule has 0 unspecified atom stereocenters. The van der Waals surface area contributed by atoms with Crippen LogP contribution in [-0.4, -0.2) is 38.9 Å². The van der Waals surface area contributed by atoms with Crippen LogP contribution in [0.3, 0.4) is 0 Å². The number of ether oxygens (including phenoxy) is 1. The van der Waals surface area contributed by atoms with Gasteiger partial charge in [-0.15, -0.1) is 0 Å². The number of carbonyl (C=O) groups excluding carboxylic acids is 1. The smallest absolute Gasteiger partial charge is 0.339 e. The van der Waals surface area contributed by atoms with E-state index in [1.165, 1.54) is 39.2 Å². The molecule has 7 heteroatoms. The largest absolute Gasteiger partial charge is 0.444 e. The summed E-state index contributed by atoms with van der Waals surface area (Å²) in [6.45, 7) is 3.10. The fourth-order valence-corrected chi connectivity index (χ4v) is 2.37. The Balaban J connectivity index is 3.24. The summed E-state index contributed by atoms with van der Waals surface area (Å²) in [5, 5.41) is 8.63. The lowest BCUT2D eigenvalue weighted by Crippen LogP contribution is -2.23. The molecule has 0 heterocycles. The molecule has 6 nitrogen and oxygen atoms in total. The summed E-state index contributed by atoms with van der Waals surface area (Å²) in [5.74, 6) is -0.715. The molecule has 0 saturated heterocycles. The molecule has 0 bridgehead atoms. The minimum Gasteiger partial charge on any atom is -0.444 e. The van der Waals surface area contributed by atoms with Crippen molar-refractivity contribution in [2.75, 3.05) is 14.1 Å². The highest BCUT2D eigenvalue weighted by Crippen LogP contribution is 2.19. The van der Waals surface area contributed by atoms with Gasteiger partial charge in [0, 0.05) is 14.1 Å². The van der Waals surface area contributed by atoms with Crippen LogP contribution in [0.5, 0.6) is 0 Å². The summed E-state index contributed by atoms with van der Waals surface area (Å²) < 4.78 is 30.0. The Morgan fingerprint density at radius 3 is 2.50 bits per heavy atom. The fourth-order valence-electron chi connectivity index (χ4n) is 1.44. The van der Waals surface area contributed by atoms with Crippen molar-refractivity contribution in [2.24, 2.45) is 0 Å². The topological polar surface area (TPSA) is 87.5 Å². The molecular formula is C13H16N2O4S. The van der Waals surface area contributed by atoms with Crippen molar-refractivity contribution in [1.82, 2.24) is 4.31 Å². The van der Waals surface area contributed by atoms with Gasteiger partial charge in [0.2, 0.25) is 10.0 Å². The minimum atomic E-state index is -3.62. The average Bonchev–Trinajstić information content (AvgIpc) is 2.38. The molecule has 0 aliphatic rings. The maximum absolute atomic E-state index is 12.0. The van der Waals surface area contributed by atoms with Crippen LogP contribution in [0.15, 0.2) is 23.1 Å². The first-order valence-corrected chi connectivity index (χ1v) is 7.28. The van der Waals surface area contributed by atoms with Crippen LogP contribution in [0, 0.1) is 18.3 Å². The Bertz CT molecular complexity index is 659. The van der Waals surface area contributed by atoms with Gasteiger partial charge in [0.05, 0.1) is 10.5 Å². The molecule has 0 aliphatic heterocycles. The third-order valence-corrected chi connectivity index (χ3v) is 4.48. The molecule has 1 atom stereocenters. The van der Waals surface area contributed by atoms with E-state index in [1.54, 1.807) is 13.0 Å². The number of nitriles is 1. The summed E-state index contributed by atoms with van der Waals surface area (Å²) in [4.78, 5) is 11.9. The number of hydrogen-bond donors (Lipinski definition) is 0. The highest BCUT2D eigenvalue weighted by molar-refractivity contribution is 7.89. The molecule has 0 aliphatic carbocycles. The van der Waals surface area contributed by atoms with Crippen molar-refractivity contribution < 1.29 is 17.9 Å². The minimum absolute atomic E-state index is 0.00432. The molecule has 108 valence electrons. The number of nitrogens with zero attached hydrogens (tertiary/aromatic N) is 2. The second-order valence-corrected chi connectivity index (χ2v) is 6.59. The highest BCUT2D eigenvalue weighted by Gasteiger charge is 2.21.